The number of ether oxygens (including phenoxy) is 1. The van der Waals surface area contributed by atoms with E-state index in [4.69, 9.17) is 0 Å². The average Bonchev–Trinajstić information content (AvgIpc) is 2.36. The predicted molar refractivity (Wildman–Crippen MR) is 75.3 cm³/mol. The fraction of sp³-hybridized carbons (Fsp3) is 0.600. The maximum atomic E-state index is 12.5. The molecule has 21 heavy (non-hydrogen) atoms. The van der Waals surface area contributed by atoms with Gasteiger partial charge in [-0.3, -0.25) is 0 Å². The topological polar surface area (TPSA) is 29.5 Å². The molecule has 6 heteroatoms. The molecule has 0 aliphatic carbocycles. The molecule has 0 amide bonds. The van der Waals surface area contributed by atoms with E-state index in [1.54, 1.807) is 12.1 Å². The first-order valence-corrected chi connectivity index (χ1v) is 8.03. The number of rotatable bonds is 2. The fourth-order valence-electron chi connectivity index (χ4n) is 3.40. The second-order valence-electron chi connectivity index (χ2n) is 5.79. The van der Waals surface area contributed by atoms with Gasteiger partial charge in [0.05, 0.1) is 5.60 Å². The second kappa shape index (κ2) is 5.39. The summed E-state index contributed by atoms with van der Waals surface area (Å²) >= 11 is 1.87. The van der Waals surface area contributed by atoms with Gasteiger partial charge in [0.25, 0.3) is 0 Å². The van der Waals surface area contributed by atoms with Gasteiger partial charge in [0, 0.05) is 16.1 Å². The van der Waals surface area contributed by atoms with E-state index >= 15 is 0 Å². The number of aliphatic hydroxyl groups is 1. The third-order valence-electron chi connectivity index (χ3n) is 4.18. The van der Waals surface area contributed by atoms with Gasteiger partial charge in [0.1, 0.15) is 5.75 Å². The van der Waals surface area contributed by atoms with E-state index in [2.05, 4.69) is 4.74 Å². The highest BCUT2D eigenvalue weighted by molar-refractivity contribution is 8.00. The van der Waals surface area contributed by atoms with E-state index in [9.17, 15) is 18.3 Å². The highest BCUT2D eigenvalue weighted by Gasteiger charge is 2.45. The number of hydrogen-bond donors (Lipinski definition) is 1. The van der Waals surface area contributed by atoms with Crippen LogP contribution in [-0.2, 0) is 5.60 Å². The van der Waals surface area contributed by atoms with Crippen molar-refractivity contribution in [2.75, 3.05) is 0 Å². The lowest BCUT2D eigenvalue weighted by Gasteiger charge is -2.44. The summed E-state index contributed by atoms with van der Waals surface area (Å²) in [7, 11) is 0. The lowest BCUT2D eigenvalue weighted by molar-refractivity contribution is -0.275. The van der Waals surface area contributed by atoms with Crippen LogP contribution in [0.5, 0.6) is 5.75 Å². The molecule has 1 aromatic carbocycles. The van der Waals surface area contributed by atoms with Gasteiger partial charge in [-0.25, -0.2) is 0 Å². The fourth-order valence-corrected chi connectivity index (χ4v) is 5.30. The molecule has 0 aromatic heterocycles. The molecule has 2 unspecified atom stereocenters. The van der Waals surface area contributed by atoms with Gasteiger partial charge >= 0.3 is 6.36 Å². The Hall–Kier alpha value is -0.880. The number of hydrogen-bond acceptors (Lipinski definition) is 3. The molecular formula is C15H17F3O2S. The molecule has 0 radical (unpaired) electrons. The minimum absolute atomic E-state index is 0.263. The zero-order chi connectivity index (χ0) is 15.1. The van der Waals surface area contributed by atoms with Crippen molar-refractivity contribution in [1.29, 1.82) is 0 Å². The minimum atomic E-state index is -4.74. The summed E-state index contributed by atoms with van der Waals surface area (Å²) in [5.74, 6) is -0.280. The Morgan fingerprint density at radius 2 is 1.76 bits per heavy atom. The predicted octanol–water partition coefficient (Wildman–Crippen LogP) is 4.22. The Morgan fingerprint density at radius 3 is 2.38 bits per heavy atom. The largest absolute Gasteiger partial charge is 0.573 e. The van der Waals surface area contributed by atoms with Gasteiger partial charge in [0.15, 0.2) is 0 Å². The van der Waals surface area contributed by atoms with E-state index in [0.717, 1.165) is 19.3 Å². The van der Waals surface area contributed by atoms with Crippen LogP contribution in [0.2, 0.25) is 0 Å². The van der Waals surface area contributed by atoms with E-state index in [-0.39, 0.29) is 11.3 Å². The summed E-state index contributed by atoms with van der Waals surface area (Å²) in [5, 5.41) is 11.6. The lowest BCUT2D eigenvalue weighted by Crippen LogP contribution is -2.41. The van der Waals surface area contributed by atoms with Crippen LogP contribution in [0.15, 0.2) is 24.3 Å². The Bertz CT molecular complexity index is 506. The maximum Gasteiger partial charge on any atom is 0.573 e. The van der Waals surface area contributed by atoms with Crippen LogP contribution in [0.3, 0.4) is 0 Å². The third-order valence-corrected chi connectivity index (χ3v) is 5.76. The van der Waals surface area contributed by atoms with E-state index < -0.39 is 12.0 Å². The molecule has 2 bridgehead atoms. The number of alkyl halides is 3. The van der Waals surface area contributed by atoms with Gasteiger partial charge < -0.3 is 9.84 Å². The summed E-state index contributed by atoms with van der Waals surface area (Å²) in [6.07, 6.45) is -0.582. The van der Waals surface area contributed by atoms with Crippen LogP contribution < -0.4 is 4.74 Å². The first-order valence-electron chi connectivity index (χ1n) is 7.09. The first kappa shape index (κ1) is 15.0. The molecule has 3 rings (SSSR count). The highest BCUT2D eigenvalue weighted by Crippen LogP contribution is 2.51. The molecule has 2 fully saturated rings. The zero-order valence-corrected chi connectivity index (χ0v) is 12.2. The molecule has 1 aromatic rings. The summed E-state index contributed by atoms with van der Waals surface area (Å²) < 4.78 is 41.7. The Morgan fingerprint density at radius 1 is 1.14 bits per heavy atom. The zero-order valence-electron chi connectivity index (χ0n) is 11.4. The van der Waals surface area contributed by atoms with E-state index in [0.29, 0.717) is 23.3 Å². The molecule has 0 spiro atoms. The van der Waals surface area contributed by atoms with E-state index in [1.165, 1.54) is 12.1 Å². The molecule has 2 saturated heterocycles. The molecule has 0 saturated carbocycles. The normalized spacial score (nSPS) is 32.8. The summed E-state index contributed by atoms with van der Waals surface area (Å²) in [6, 6.07) is 5.96. The monoisotopic (exact) mass is 318 g/mol. The summed E-state index contributed by atoms with van der Waals surface area (Å²) in [5.41, 5.74) is -0.956. The first-order chi connectivity index (χ1) is 9.86. The van der Waals surface area contributed by atoms with E-state index in [1.807, 2.05) is 11.8 Å². The van der Waals surface area contributed by atoms with Gasteiger partial charge in [-0.1, -0.05) is 24.6 Å². The quantitative estimate of drug-likeness (QED) is 0.885. The van der Waals surface area contributed by atoms with Crippen molar-refractivity contribution in [3.63, 3.8) is 0 Å². The molecular weight excluding hydrogens is 301 g/mol. The van der Waals surface area contributed by atoms with Crippen molar-refractivity contribution in [1.82, 2.24) is 0 Å². The Labute approximate surface area is 125 Å². The minimum Gasteiger partial charge on any atom is -0.405 e. The van der Waals surface area contributed by atoms with Crippen LogP contribution in [0.4, 0.5) is 13.2 Å². The molecule has 2 heterocycles. The maximum absolute atomic E-state index is 12.5. The Kier molecular flexibility index (Phi) is 3.86. The molecule has 2 aliphatic heterocycles. The molecule has 116 valence electrons. The number of fused-ring (bicyclic) bond motifs is 2. The number of para-hydroxylation sites is 1. The van der Waals surface area contributed by atoms with Crippen LogP contribution >= 0.6 is 11.8 Å². The lowest BCUT2D eigenvalue weighted by atomic mass is 9.80. The standard InChI is InChI=1S/C15H17F3O2S/c16-15(17,18)20-13-7-2-1-6-12(13)14(19)8-10-4-3-5-11(9-14)21-10/h1-2,6-7,10-11,19H,3-5,8-9H2. The van der Waals surface area contributed by atoms with Crippen LogP contribution in [0, 0.1) is 0 Å². The average molecular weight is 318 g/mol. The van der Waals surface area contributed by atoms with Gasteiger partial charge in [-0.05, 0) is 31.7 Å². The van der Waals surface area contributed by atoms with Crippen molar-refractivity contribution in [2.24, 2.45) is 0 Å². The third kappa shape index (κ3) is 3.31. The van der Waals surface area contributed by atoms with Crippen molar-refractivity contribution < 1.29 is 23.0 Å². The van der Waals surface area contributed by atoms with Crippen LogP contribution in [-0.4, -0.2) is 22.0 Å². The smallest absolute Gasteiger partial charge is 0.405 e. The van der Waals surface area contributed by atoms with Crippen LogP contribution in [0.1, 0.15) is 37.7 Å². The summed E-state index contributed by atoms with van der Waals surface area (Å²) in [6.45, 7) is 0. The van der Waals surface area contributed by atoms with Gasteiger partial charge in [0.2, 0.25) is 0 Å². The molecule has 2 aliphatic rings. The van der Waals surface area contributed by atoms with Crippen molar-refractivity contribution >= 4 is 11.8 Å². The van der Waals surface area contributed by atoms with Crippen molar-refractivity contribution in [2.45, 2.75) is 54.6 Å². The van der Waals surface area contributed by atoms with Crippen LogP contribution in [0.25, 0.3) is 0 Å². The summed E-state index contributed by atoms with van der Waals surface area (Å²) in [4.78, 5) is 0. The second-order valence-corrected chi connectivity index (χ2v) is 7.40. The molecule has 2 atom stereocenters. The number of benzene rings is 1. The SMILES string of the molecule is OC1(c2ccccc2OC(F)(F)F)CC2CCCC(C1)S2. The van der Waals surface area contributed by atoms with Gasteiger partial charge in [-0.2, -0.15) is 11.8 Å². The molecule has 2 nitrogen and oxygen atoms in total. The number of thioether (sulfide) groups is 1. The highest BCUT2D eigenvalue weighted by atomic mass is 32.2. The Balaban J connectivity index is 1.92. The van der Waals surface area contributed by atoms with Crippen molar-refractivity contribution in [3.8, 4) is 5.75 Å². The molecule has 1 N–H and O–H groups in total. The van der Waals surface area contributed by atoms with Gasteiger partial charge in [-0.15, -0.1) is 13.2 Å². The van der Waals surface area contributed by atoms with Crippen molar-refractivity contribution in [3.05, 3.63) is 29.8 Å². The number of halogens is 3.